The van der Waals surface area contributed by atoms with Gasteiger partial charge in [-0.05, 0) is 17.7 Å². The molecule has 1 aromatic rings. The van der Waals surface area contributed by atoms with Crippen LogP contribution in [0.15, 0.2) is 12.1 Å². The number of carboxylic acid groups (broad SMARTS) is 1. The van der Waals surface area contributed by atoms with E-state index in [9.17, 15) is 9.90 Å². The Balaban J connectivity index is 3.10. The standard InChI is InChI=1S/C9H9Cl2NO4/c10-4-1-3(2-5(11)6(4)12)7(13)8(14)9(15)16/h1-2,7-8,13-14H,12H2,(H,15,16). The lowest BCUT2D eigenvalue weighted by molar-refractivity contribution is -0.153. The van der Waals surface area contributed by atoms with E-state index in [1.807, 2.05) is 0 Å². The third-order valence-corrected chi connectivity index (χ3v) is 2.62. The van der Waals surface area contributed by atoms with Gasteiger partial charge in [0.05, 0.1) is 15.7 Å². The van der Waals surface area contributed by atoms with Gasteiger partial charge in [0.25, 0.3) is 0 Å². The quantitative estimate of drug-likeness (QED) is 0.612. The predicted molar refractivity (Wildman–Crippen MR) is 59.5 cm³/mol. The lowest BCUT2D eigenvalue weighted by atomic mass is 10.0. The van der Waals surface area contributed by atoms with E-state index in [-0.39, 0.29) is 21.3 Å². The smallest absolute Gasteiger partial charge is 0.335 e. The summed E-state index contributed by atoms with van der Waals surface area (Å²) in [4.78, 5) is 10.5. The maximum atomic E-state index is 10.5. The summed E-state index contributed by atoms with van der Waals surface area (Å²) in [5.74, 6) is -1.54. The summed E-state index contributed by atoms with van der Waals surface area (Å²) < 4.78 is 0. The normalized spacial score (nSPS) is 14.5. The van der Waals surface area contributed by atoms with E-state index >= 15 is 0 Å². The van der Waals surface area contributed by atoms with E-state index in [4.69, 9.17) is 39.1 Å². The van der Waals surface area contributed by atoms with Crippen molar-refractivity contribution in [2.45, 2.75) is 12.2 Å². The number of aliphatic hydroxyl groups is 2. The van der Waals surface area contributed by atoms with Crippen molar-refractivity contribution in [2.75, 3.05) is 5.73 Å². The first kappa shape index (κ1) is 13.1. The molecule has 88 valence electrons. The summed E-state index contributed by atoms with van der Waals surface area (Å²) in [6.07, 6.45) is -3.57. The fourth-order valence-corrected chi connectivity index (χ4v) is 1.60. The van der Waals surface area contributed by atoms with Crippen LogP contribution >= 0.6 is 23.2 Å². The Morgan fingerprint density at radius 3 is 2.06 bits per heavy atom. The largest absolute Gasteiger partial charge is 0.479 e. The Hall–Kier alpha value is -1.01. The molecule has 0 aliphatic carbocycles. The molecule has 1 rings (SSSR count). The second-order valence-corrected chi connectivity index (χ2v) is 3.94. The minimum absolute atomic E-state index is 0.0825. The van der Waals surface area contributed by atoms with E-state index < -0.39 is 18.2 Å². The Bertz CT molecular complexity index is 401. The van der Waals surface area contributed by atoms with Crippen molar-refractivity contribution in [1.29, 1.82) is 0 Å². The van der Waals surface area contributed by atoms with Gasteiger partial charge in [-0.2, -0.15) is 0 Å². The Morgan fingerprint density at radius 1 is 1.25 bits per heavy atom. The molecule has 16 heavy (non-hydrogen) atoms. The van der Waals surface area contributed by atoms with Gasteiger partial charge in [-0.3, -0.25) is 0 Å². The van der Waals surface area contributed by atoms with E-state index in [0.717, 1.165) is 0 Å². The van der Waals surface area contributed by atoms with Crippen LogP contribution in [0.5, 0.6) is 0 Å². The summed E-state index contributed by atoms with van der Waals surface area (Å²) in [5, 5.41) is 27.3. The van der Waals surface area contributed by atoms with Crippen LogP contribution in [-0.4, -0.2) is 27.4 Å². The fourth-order valence-electron chi connectivity index (χ4n) is 1.09. The van der Waals surface area contributed by atoms with E-state index in [2.05, 4.69) is 0 Å². The molecule has 2 atom stereocenters. The van der Waals surface area contributed by atoms with Crippen molar-refractivity contribution in [3.63, 3.8) is 0 Å². The molecule has 0 bridgehead atoms. The maximum absolute atomic E-state index is 10.5. The van der Waals surface area contributed by atoms with Gasteiger partial charge < -0.3 is 21.1 Å². The summed E-state index contributed by atoms with van der Waals surface area (Å²) in [6.45, 7) is 0. The topological polar surface area (TPSA) is 104 Å². The van der Waals surface area contributed by atoms with E-state index in [1.165, 1.54) is 12.1 Å². The summed E-state index contributed by atoms with van der Waals surface area (Å²) in [7, 11) is 0. The Kier molecular flexibility index (Phi) is 3.98. The zero-order valence-corrected chi connectivity index (χ0v) is 9.40. The predicted octanol–water partition coefficient (Wildman–Crippen LogP) is 1.05. The number of nitrogens with two attached hydrogens (primary N) is 1. The molecular formula is C9H9Cl2NO4. The van der Waals surface area contributed by atoms with Crippen LogP contribution in [-0.2, 0) is 4.79 Å². The van der Waals surface area contributed by atoms with Gasteiger partial charge >= 0.3 is 5.97 Å². The molecule has 0 saturated heterocycles. The van der Waals surface area contributed by atoms with Crippen molar-refractivity contribution in [3.8, 4) is 0 Å². The van der Waals surface area contributed by atoms with Crippen LogP contribution in [0.1, 0.15) is 11.7 Å². The molecule has 0 spiro atoms. The maximum Gasteiger partial charge on any atom is 0.335 e. The first-order valence-electron chi connectivity index (χ1n) is 4.18. The van der Waals surface area contributed by atoms with Crippen molar-refractivity contribution in [2.24, 2.45) is 0 Å². The second kappa shape index (κ2) is 4.88. The Labute approximate surface area is 101 Å². The number of nitrogen functional groups attached to an aromatic ring is 1. The molecular weight excluding hydrogens is 257 g/mol. The van der Waals surface area contributed by atoms with Crippen LogP contribution in [0.25, 0.3) is 0 Å². The first-order valence-corrected chi connectivity index (χ1v) is 4.93. The van der Waals surface area contributed by atoms with Crippen LogP contribution in [0, 0.1) is 0 Å². The molecule has 5 N–H and O–H groups in total. The van der Waals surface area contributed by atoms with Gasteiger partial charge in [-0.25, -0.2) is 4.79 Å². The van der Waals surface area contributed by atoms with Crippen molar-refractivity contribution in [3.05, 3.63) is 27.7 Å². The minimum Gasteiger partial charge on any atom is -0.479 e. The molecule has 2 unspecified atom stereocenters. The lowest BCUT2D eigenvalue weighted by Crippen LogP contribution is -2.27. The highest BCUT2D eigenvalue weighted by Gasteiger charge is 2.26. The zero-order valence-electron chi connectivity index (χ0n) is 7.89. The monoisotopic (exact) mass is 265 g/mol. The van der Waals surface area contributed by atoms with Gasteiger partial charge in [-0.1, -0.05) is 23.2 Å². The van der Waals surface area contributed by atoms with Gasteiger partial charge in [0.15, 0.2) is 6.10 Å². The molecule has 7 heteroatoms. The van der Waals surface area contributed by atoms with E-state index in [1.54, 1.807) is 0 Å². The van der Waals surface area contributed by atoms with Crippen molar-refractivity contribution in [1.82, 2.24) is 0 Å². The van der Waals surface area contributed by atoms with Crippen molar-refractivity contribution >= 4 is 34.9 Å². The zero-order chi connectivity index (χ0) is 12.5. The number of carbonyl (C=O) groups is 1. The SMILES string of the molecule is Nc1c(Cl)cc(C(O)C(O)C(=O)O)cc1Cl. The average molecular weight is 266 g/mol. The third-order valence-electron chi connectivity index (χ3n) is 1.99. The summed E-state index contributed by atoms with van der Waals surface area (Å²) >= 11 is 11.4. The molecule has 5 nitrogen and oxygen atoms in total. The van der Waals surface area contributed by atoms with E-state index in [0.29, 0.717) is 0 Å². The number of hydrogen-bond acceptors (Lipinski definition) is 4. The van der Waals surface area contributed by atoms with Gasteiger partial charge in [-0.15, -0.1) is 0 Å². The minimum atomic E-state index is -1.95. The highest BCUT2D eigenvalue weighted by molar-refractivity contribution is 6.38. The van der Waals surface area contributed by atoms with Crippen LogP contribution in [0.3, 0.4) is 0 Å². The highest BCUT2D eigenvalue weighted by atomic mass is 35.5. The van der Waals surface area contributed by atoms with Crippen LogP contribution < -0.4 is 5.73 Å². The second-order valence-electron chi connectivity index (χ2n) is 3.13. The number of halogens is 2. The molecule has 0 aromatic heterocycles. The molecule has 1 aromatic carbocycles. The number of aliphatic hydroxyl groups excluding tert-OH is 2. The average Bonchev–Trinajstić information content (AvgIpc) is 2.22. The van der Waals surface area contributed by atoms with Crippen LogP contribution in [0.4, 0.5) is 5.69 Å². The first-order chi connectivity index (χ1) is 7.34. The third kappa shape index (κ3) is 2.56. The van der Waals surface area contributed by atoms with Crippen LogP contribution in [0.2, 0.25) is 10.0 Å². The van der Waals surface area contributed by atoms with Crippen molar-refractivity contribution < 1.29 is 20.1 Å². The summed E-state index contributed by atoms with van der Waals surface area (Å²) in [6, 6.07) is 2.50. The van der Waals surface area contributed by atoms with Gasteiger partial charge in [0, 0.05) is 0 Å². The van der Waals surface area contributed by atoms with Gasteiger partial charge in [0.2, 0.25) is 0 Å². The number of anilines is 1. The molecule has 0 aliphatic heterocycles. The lowest BCUT2D eigenvalue weighted by Gasteiger charge is -2.15. The number of hydrogen-bond donors (Lipinski definition) is 4. The van der Waals surface area contributed by atoms with Gasteiger partial charge in [0.1, 0.15) is 6.10 Å². The number of carboxylic acids is 1. The molecule has 0 heterocycles. The number of benzene rings is 1. The summed E-state index contributed by atoms with van der Waals surface area (Å²) in [5.41, 5.74) is 5.67. The Morgan fingerprint density at radius 2 is 1.69 bits per heavy atom. The molecule has 0 aliphatic rings. The molecule has 0 fully saturated rings. The number of rotatable bonds is 3. The molecule has 0 saturated carbocycles. The highest BCUT2D eigenvalue weighted by Crippen LogP contribution is 2.32. The molecule has 0 amide bonds. The fraction of sp³-hybridized carbons (Fsp3) is 0.222. The molecule has 0 radical (unpaired) electrons. The number of aliphatic carboxylic acids is 1.